The third kappa shape index (κ3) is 3.20. The summed E-state index contributed by atoms with van der Waals surface area (Å²) in [5.74, 6) is 0.566. The van der Waals surface area contributed by atoms with Gasteiger partial charge in [-0.25, -0.2) is 9.37 Å². The van der Waals surface area contributed by atoms with Crippen LogP contribution in [0.5, 0.6) is 0 Å². The van der Waals surface area contributed by atoms with Crippen molar-refractivity contribution in [1.82, 2.24) is 4.98 Å². The van der Waals surface area contributed by atoms with Crippen LogP contribution in [0.3, 0.4) is 0 Å². The predicted molar refractivity (Wildman–Crippen MR) is 72.0 cm³/mol. The summed E-state index contributed by atoms with van der Waals surface area (Å²) in [6.45, 7) is 2.65. The quantitative estimate of drug-likeness (QED) is 0.870. The van der Waals surface area contributed by atoms with Gasteiger partial charge in [0.05, 0.1) is 0 Å². The molecule has 3 nitrogen and oxygen atoms in total. The second-order valence-electron chi connectivity index (χ2n) is 4.22. The molecule has 0 bridgehead atoms. The van der Waals surface area contributed by atoms with Gasteiger partial charge in [-0.15, -0.1) is 0 Å². The van der Waals surface area contributed by atoms with Gasteiger partial charge in [0, 0.05) is 24.5 Å². The van der Waals surface area contributed by atoms with Gasteiger partial charge < -0.3 is 11.1 Å². The number of nitrogens with zero attached hydrogens (tertiary/aromatic N) is 1. The van der Waals surface area contributed by atoms with E-state index in [0.29, 0.717) is 5.69 Å². The van der Waals surface area contributed by atoms with Crippen LogP contribution in [0.25, 0.3) is 0 Å². The first-order valence-corrected chi connectivity index (χ1v) is 5.85. The molecule has 0 amide bonds. The van der Waals surface area contributed by atoms with Crippen LogP contribution in [0, 0.1) is 12.7 Å². The summed E-state index contributed by atoms with van der Waals surface area (Å²) in [4.78, 5) is 4.16. The lowest BCUT2D eigenvalue weighted by atomic mass is 10.1. The third-order valence-corrected chi connectivity index (χ3v) is 2.79. The van der Waals surface area contributed by atoms with Crippen molar-refractivity contribution in [3.63, 3.8) is 0 Å². The molecule has 0 aliphatic rings. The SMILES string of the molecule is Cc1cc(F)ccc1CCNc1cc(N)ccn1. The number of hydrogen-bond donors (Lipinski definition) is 2. The Hall–Kier alpha value is -2.10. The molecular formula is C14H16FN3. The Morgan fingerprint density at radius 1 is 1.28 bits per heavy atom. The van der Waals surface area contributed by atoms with E-state index < -0.39 is 0 Å². The van der Waals surface area contributed by atoms with E-state index in [0.717, 1.165) is 29.9 Å². The van der Waals surface area contributed by atoms with Gasteiger partial charge in [-0.2, -0.15) is 0 Å². The van der Waals surface area contributed by atoms with Gasteiger partial charge in [-0.1, -0.05) is 6.07 Å². The standard InChI is InChI=1S/C14H16FN3/c1-10-8-12(15)3-2-11(10)4-6-17-14-9-13(16)5-7-18-14/h2-3,5,7-9H,4,6H2,1H3,(H3,16,17,18). The third-order valence-electron chi connectivity index (χ3n) is 2.79. The zero-order valence-electron chi connectivity index (χ0n) is 10.3. The molecule has 0 unspecified atom stereocenters. The zero-order valence-corrected chi connectivity index (χ0v) is 10.3. The lowest BCUT2D eigenvalue weighted by Gasteiger charge is -2.08. The fraction of sp³-hybridized carbons (Fsp3) is 0.214. The summed E-state index contributed by atoms with van der Waals surface area (Å²) in [6.07, 6.45) is 2.49. The maximum Gasteiger partial charge on any atom is 0.127 e. The molecule has 0 spiro atoms. The molecule has 3 N–H and O–H groups in total. The van der Waals surface area contributed by atoms with Gasteiger partial charge in [0.15, 0.2) is 0 Å². The number of aryl methyl sites for hydroxylation is 1. The minimum absolute atomic E-state index is 0.193. The monoisotopic (exact) mass is 245 g/mol. The lowest BCUT2D eigenvalue weighted by molar-refractivity contribution is 0.625. The van der Waals surface area contributed by atoms with E-state index in [9.17, 15) is 4.39 Å². The average molecular weight is 245 g/mol. The van der Waals surface area contributed by atoms with Gasteiger partial charge in [0.1, 0.15) is 11.6 Å². The van der Waals surface area contributed by atoms with E-state index in [1.165, 1.54) is 6.07 Å². The van der Waals surface area contributed by atoms with Crippen LogP contribution in [-0.4, -0.2) is 11.5 Å². The number of pyridine rings is 1. The second kappa shape index (κ2) is 5.49. The van der Waals surface area contributed by atoms with Crippen LogP contribution < -0.4 is 11.1 Å². The van der Waals surface area contributed by atoms with Gasteiger partial charge in [-0.05, 0) is 42.7 Å². The van der Waals surface area contributed by atoms with Crippen molar-refractivity contribution in [1.29, 1.82) is 0 Å². The first-order valence-electron chi connectivity index (χ1n) is 5.85. The number of anilines is 2. The Balaban J connectivity index is 1.92. The van der Waals surface area contributed by atoms with E-state index in [1.807, 2.05) is 13.0 Å². The molecule has 0 aliphatic carbocycles. The fourth-order valence-electron chi connectivity index (χ4n) is 1.81. The number of hydrogen-bond acceptors (Lipinski definition) is 3. The number of aromatic nitrogens is 1. The molecule has 1 heterocycles. The maximum atomic E-state index is 12.9. The highest BCUT2D eigenvalue weighted by atomic mass is 19.1. The van der Waals surface area contributed by atoms with Crippen LogP contribution in [-0.2, 0) is 6.42 Å². The molecule has 18 heavy (non-hydrogen) atoms. The summed E-state index contributed by atoms with van der Waals surface area (Å²) < 4.78 is 12.9. The molecule has 2 aromatic rings. The van der Waals surface area contributed by atoms with Crippen LogP contribution >= 0.6 is 0 Å². The number of nitrogens with one attached hydrogen (secondary N) is 1. The largest absolute Gasteiger partial charge is 0.399 e. The van der Waals surface area contributed by atoms with Crippen LogP contribution in [0.15, 0.2) is 36.5 Å². The summed E-state index contributed by atoms with van der Waals surface area (Å²) in [5.41, 5.74) is 8.45. The zero-order chi connectivity index (χ0) is 13.0. The lowest BCUT2D eigenvalue weighted by Crippen LogP contribution is -2.07. The Kier molecular flexibility index (Phi) is 3.77. The first-order chi connectivity index (χ1) is 8.65. The highest BCUT2D eigenvalue weighted by Crippen LogP contribution is 2.12. The minimum atomic E-state index is -0.193. The maximum absolute atomic E-state index is 12.9. The van der Waals surface area contributed by atoms with Gasteiger partial charge in [0.25, 0.3) is 0 Å². The minimum Gasteiger partial charge on any atom is -0.399 e. The number of nitrogen functional groups attached to an aromatic ring is 1. The fourth-order valence-corrected chi connectivity index (χ4v) is 1.81. The highest BCUT2D eigenvalue weighted by molar-refractivity contribution is 5.48. The van der Waals surface area contributed by atoms with Crippen molar-refractivity contribution in [3.05, 3.63) is 53.5 Å². The number of rotatable bonds is 4. The van der Waals surface area contributed by atoms with E-state index in [1.54, 1.807) is 24.4 Å². The van der Waals surface area contributed by atoms with Gasteiger partial charge in [-0.3, -0.25) is 0 Å². The summed E-state index contributed by atoms with van der Waals surface area (Å²) in [6, 6.07) is 8.39. The predicted octanol–water partition coefficient (Wildman–Crippen LogP) is 2.77. The molecule has 4 heteroatoms. The first kappa shape index (κ1) is 12.4. The molecule has 94 valence electrons. The van der Waals surface area contributed by atoms with Crippen molar-refractivity contribution >= 4 is 11.5 Å². The molecular weight excluding hydrogens is 229 g/mol. The Bertz CT molecular complexity index is 540. The Labute approximate surface area is 106 Å². The topological polar surface area (TPSA) is 50.9 Å². The van der Waals surface area contributed by atoms with Crippen molar-refractivity contribution in [2.75, 3.05) is 17.6 Å². The average Bonchev–Trinajstić information content (AvgIpc) is 2.32. The molecule has 0 saturated carbocycles. The molecule has 1 aromatic carbocycles. The summed E-state index contributed by atoms with van der Waals surface area (Å²) in [7, 11) is 0. The molecule has 1 aromatic heterocycles. The van der Waals surface area contributed by atoms with Crippen molar-refractivity contribution < 1.29 is 4.39 Å². The normalized spacial score (nSPS) is 10.3. The number of nitrogens with two attached hydrogens (primary N) is 1. The summed E-state index contributed by atoms with van der Waals surface area (Å²) >= 11 is 0. The molecule has 0 saturated heterocycles. The van der Waals surface area contributed by atoms with Crippen LogP contribution in [0.2, 0.25) is 0 Å². The smallest absolute Gasteiger partial charge is 0.127 e. The highest BCUT2D eigenvalue weighted by Gasteiger charge is 2.00. The molecule has 0 radical (unpaired) electrons. The Morgan fingerprint density at radius 2 is 2.11 bits per heavy atom. The van der Waals surface area contributed by atoms with Crippen molar-refractivity contribution in [3.8, 4) is 0 Å². The molecule has 0 fully saturated rings. The Morgan fingerprint density at radius 3 is 2.83 bits per heavy atom. The van der Waals surface area contributed by atoms with Crippen LogP contribution in [0.1, 0.15) is 11.1 Å². The summed E-state index contributed by atoms with van der Waals surface area (Å²) in [5, 5.41) is 3.19. The van der Waals surface area contributed by atoms with Gasteiger partial charge >= 0.3 is 0 Å². The van der Waals surface area contributed by atoms with E-state index >= 15 is 0 Å². The van der Waals surface area contributed by atoms with Gasteiger partial charge in [0.2, 0.25) is 0 Å². The molecule has 0 atom stereocenters. The molecule has 0 aliphatic heterocycles. The number of benzene rings is 1. The van der Waals surface area contributed by atoms with Crippen LogP contribution in [0.4, 0.5) is 15.9 Å². The second-order valence-corrected chi connectivity index (χ2v) is 4.22. The van der Waals surface area contributed by atoms with E-state index in [-0.39, 0.29) is 5.82 Å². The number of halogens is 1. The van der Waals surface area contributed by atoms with Crippen molar-refractivity contribution in [2.24, 2.45) is 0 Å². The van der Waals surface area contributed by atoms with Crippen molar-refractivity contribution in [2.45, 2.75) is 13.3 Å². The van der Waals surface area contributed by atoms with E-state index in [2.05, 4.69) is 10.3 Å². The molecule has 2 rings (SSSR count). The van der Waals surface area contributed by atoms with E-state index in [4.69, 9.17) is 5.73 Å².